The average molecular weight is 270 g/mol. The van der Waals surface area contributed by atoms with Crippen LogP contribution < -0.4 is 15.6 Å². The predicted octanol–water partition coefficient (Wildman–Crippen LogP) is 3.74. The summed E-state index contributed by atoms with van der Waals surface area (Å²) in [6, 6.07) is 12.3. The summed E-state index contributed by atoms with van der Waals surface area (Å²) in [4.78, 5) is 0. The number of methoxy groups -OCH3 is 1. The van der Waals surface area contributed by atoms with Gasteiger partial charge in [0.25, 0.3) is 0 Å². The van der Waals surface area contributed by atoms with Crippen molar-refractivity contribution >= 4 is 5.69 Å². The van der Waals surface area contributed by atoms with E-state index in [-0.39, 0.29) is 0 Å². The number of anilines is 1. The van der Waals surface area contributed by atoms with E-state index < -0.39 is 0 Å². The zero-order valence-corrected chi connectivity index (χ0v) is 12.6. The number of benzene rings is 2. The van der Waals surface area contributed by atoms with E-state index in [1.54, 1.807) is 7.11 Å². The van der Waals surface area contributed by atoms with Crippen LogP contribution in [-0.2, 0) is 6.54 Å². The third-order valence-electron chi connectivity index (χ3n) is 3.62. The van der Waals surface area contributed by atoms with Gasteiger partial charge in [0.15, 0.2) is 0 Å². The number of hydrogen-bond acceptors (Lipinski definition) is 3. The number of rotatable bonds is 5. The largest absolute Gasteiger partial charge is 0.496 e. The van der Waals surface area contributed by atoms with Crippen LogP contribution in [-0.4, -0.2) is 7.11 Å². The Balaban J connectivity index is 2.07. The maximum Gasteiger partial charge on any atom is 0.124 e. The Morgan fingerprint density at radius 2 is 1.70 bits per heavy atom. The van der Waals surface area contributed by atoms with Crippen LogP contribution in [0, 0.1) is 20.8 Å². The van der Waals surface area contributed by atoms with Gasteiger partial charge >= 0.3 is 0 Å². The first-order valence-electron chi connectivity index (χ1n) is 6.81. The van der Waals surface area contributed by atoms with Crippen LogP contribution in [0.4, 0.5) is 5.69 Å². The summed E-state index contributed by atoms with van der Waals surface area (Å²) in [6.07, 6.45) is 0. The van der Waals surface area contributed by atoms with Gasteiger partial charge in [0.1, 0.15) is 5.75 Å². The van der Waals surface area contributed by atoms with Crippen molar-refractivity contribution < 1.29 is 4.74 Å². The summed E-state index contributed by atoms with van der Waals surface area (Å²) in [6.45, 7) is 7.10. The molecule has 0 unspecified atom stereocenters. The molecule has 3 nitrogen and oxygen atoms in total. The first kappa shape index (κ1) is 14.4. The van der Waals surface area contributed by atoms with Crippen molar-refractivity contribution in [3.8, 4) is 5.75 Å². The van der Waals surface area contributed by atoms with Gasteiger partial charge in [0.05, 0.1) is 7.11 Å². The van der Waals surface area contributed by atoms with Gasteiger partial charge in [-0.25, -0.2) is 5.43 Å². The minimum Gasteiger partial charge on any atom is -0.496 e. The lowest BCUT2D eigenvalue weighted by molar-refractivity contribution is 0.408. The van der Waals surface area contributed by atoms with Gasteiger partial charge in [-0.05, 0) is 55.2 Å². The molecule has 0 spiro atoms. The van der Waals surface area contributed by atoms with Crippen LogP contribution in [0.1, 0.15) is 22.3 Å². The second kappa shape index (κ2) is 6.44. The zero-order valence-electron chi connectivity index (χ0n) is 12.6. The molecule has 0 aliphatic rings. The summed E-state index contributed by atoms with van der Waals surface area (Å²) in [7, 11) is 1.73. The number of hydrogen-bond donors (Lipinski definition) is 2. The molecule has 0 heterocycles. The SMILES string of the molecule is COc1c(C)cc(CNNc2ccccc2)c(C)c1C. The summed E-state index contributed by atoms with van der Waals surface area (Å²) < 4.78 is 5.45. The van der Waals surface area contributed by atoms with Crippen molar-refractivity contribution in [2.75, 3.05) is 12.5 Å². The molecule has 2 aromatic carbocycles. The highest BCUT2D eigenvalue weighted by molar-refractivity contribution is 5.49. The summed E-state index contributed by atoms with van der Waals surface area (Å²) in [5.74, 6) is 0.988. The highest BCUT2D eigenvalue weighted by Gasteiger charge is 2.10. The van der Waals surface area contributed by atoms with Gasteiger partial charge in [0.2, 0.25) is 0 Å². The Hall–Kier alpha value is -2.00. The molecule has 0 aromatic heterocycles. The van der Waals surface area contributed by atoms with E-state index >= 15 is 0 Å². The molecule has 0 saturated carbocycles. The van der Waals surface area contributed by atoms with E-state index in [9.17, 15) is 0 Å². The second-order valence-electron chi connectivity index (χ2n) is 4.98. The Labute approximate surface area is 120 Å². The molecule has 3 heteroatoms. The standard InChI is InChI=1S/C17H22N2O/c1-12-10-15(13(2)14(3)17(12)20-4)11-18-19-16-8-6-5-7-9-16/h5-10,18-19H,11H2,1-4H3. The summed E-state index contributed by atoms with van der Waals surface area (Å²) >= 11 is 0. The average Bonchev–Trinajstić information content (AvgIpc) is 2.46. The number of para-hydroxylation sites is 1. The second-order valence-corrected chi connectivity index (χ2v) is 4.98. The van der Waals surface area contributed by atoms with Crippen LogP contribution in [0.3, 0.4) is 0 Å². The minimum absolute atomic E-state index is 0.770. The molecule has 0 bridgehead atoms. The molecule has 20 heavy (non-hydrogen) atoms. The van der Waals surface area contributed by atoms with E-state index in [1.807, 2.05) is 30.3 Å². The molecule has 106 valence electrons. The third kappa shape index (κ3) is 3.11. The zero-order chi connectivity index (χ0) is 14.5. The molecular formula is C17H22N2O. The van der Waals surface area contributed by atoms with Crippen LogP contribution >= 0.6 is 0 Å². The van der Waals surface area contributed by atoms with E-state index in [2.05, 4.69) is 37.7 Å². The number of aryl methyl sites for hydroxylation is 1. The molecule has 2 aromatic rings. The summed E-state index contributed by atoms with van der Waals surface area (Å²) in [5.41, 5.74) is 12.5. The van der Waals surface area contributed by atoms with Gasteiger partial charge in [-0.1, -0.05) is 24.3 Å². The fourth-order valence-electron chi connectivity index (χ4n) is 2.40. The number of nitrogens with one attached hydrogen (secondary N) is 2. The van der Waals surface area contributed by atoms with Crippen molar-refractivity contribution in [2.24, 2.45) is 0 Å². The monoisotopic (exact) mass is 270 g/mol. The van der Waals surface area contributed by atoms with E-state index in [0.717, 1.165) is 18.0 Å². The van der Waals surface area contributed by atoms with Gasteiger partial charge < -0.3 is 10.2 Å². The van der Waals surface area contributed by atoms with Crippen molar-refractivity contribution in [1.82, 2.24) is 5.43 Å². The first-order valence-corrected chi connectivity index (χ1v) is 6.81. The molecule has 0 aliphatic carbocycles. The maximum absolute atomic E-state index is 5.45. The Morgan fingerprint density at radius 3 is 2.35 bits per heavy atom. The predicted molar refractivity (Wildman–Crippen MR) is 84.1 cm³/mol. The van der Waals surface area contributed by atoms with Gasteiger partial charge in [-0.15, -0.1) is 0 Å². The quantitative estimate of drug-likeness (QED) is 0.812. The normalized spacial score (nSPS) is 10.4. The van der Waals surface area contributed by atoms with E-state index in [4.69, 9.17) is 4.74 Å². The lowest BCUT2D eigenvalue weighted by atomic mass is 9.99. The molecular weight excluding hydrogens is 248 g/mol. The Kier molecular flexibility index (Phi) is 4.64. The highest BCUT2D eigenvalue weighted by atomic mass is 16.5. The van der Waals surface area contributed by atoms with Crippen LogP contribution in [0.2, 0.25) is 0 Å². The fourth-order valence-corrected chi connectivity index (χ4v) is 2.40. The fraction of sp³-hybridized carbons (Fsp3) is 0.294. The smallest absolute Gasteiger partial charge is 0.124 e. The Morgan fingerprint density at radius 1 is 1.00 bits per heavy atom. The van der Waals surface area contributed by atoms with Gasteiger partial charge in [0, 0.05) is 12.2 Å². The minimum atomic E-state index is 0.770. The van der Waals surface area contributed by atoms with Gasteiger partial charge in [-0.3, -0.25) is 0 Å². The van der Waals surface area contributed by atoms with Crippen molar-refractivity contribution in [2.45, 2.75) is 27.3 Å². The molecule has 2 N–H and O–H groups in total. The van der Waals surface area contributed by atoms with Crippen LogP contribution in [0.5, 0.6) is 5.75 Å². The molecule has 0 radical (unpaired) electrons. The highest BCUT2D eigenvalue weighted by Crippen LogP contribution is 2.28. The molecule has 0 atom stereocenters. The van der Waals surface area contributed by atoms with Crippen molar-refractivity contribution in [1.29, 1.82) is 0 Å². The Bertz CT molecular complexity index is 579. The lowest BCUT2D eigenvalue weighted by Gasteiger charge is -2.16. The van der Waals surface area contributed by atoms with E-state index in [0.29, 0.717) is 0 Å². The first-order chi connectivity index (χ1) is 9.63. The maximum atomic E-state index is 5.45. The van der Waals surface area contributed by atoms with Crippen LogP contribution in [0.25, 0.3) is 0 Å². The topological polar surface area (TPSA) is 33.3 Å². The van der Waals surface area contributed by atoms with Crippen LogP contribution in [0.15, 0.2) is 36.4 Å². The van der Waals surface area contributed by atoms with Gasteiger partial charge in [-0.2, -0.15) is 0 Å². The van der Waals surface area contributed by atoms with Crippen molar-refractivity contribution in [3.05, 3.63) is 58.7 Å². The number of ether oxygens (including phenoxy) is 1. The molecule has 0 fully saturated rings. The molecule has 0 aliphatic heterocycles. The summed E-state index contributed by atoms with van der Waals surface area (Å²) in [5, 5.41) is 0. The number of hydrazine groups is 1. The molecule has 0 saturated heterocycles. The van der Waals surface area contributed by atoms with Crippen molar-refractivity contribution in [3.63, 3.8) is 0 Å². The third-order valence-corrected chi connectivity index (χ3v) is 3.62. The van der Waals surface area contributed by atoms with E-state index in [1.165, 1.54) is 22.3 Å². The lowest BCUT2D eigenvalue weighted by Crippen LogP contribution is -2.21. The molecule has 2 rings (SSSR count). The molecule has 0 amide bonds.